The fourth-order valence-electron chi connectivity index (χ4n) is 9.32. The van der Waals surface area contributed by atoms with Gasteiger partial charge in [0.05, 0.1) is 43.0 Å². The van der Waals surface area contributed by atoms with Crippen LogP contribution in [0.4, 0.5) is 14.0 Å². The predicted molar refractivity (Wildman–Crippen MR) is 229 cm³/mol. The van der Waals surface area contributed by atoms with Gasteiger partial charge in [-0.1, -0.05) is 70.5 Å². The zero-order chi connectivity index (χ0) is 43.6. The summed E-state index contributed by atoms with van der Waals surface area (Å²) in [5.74, 6) is 0.431. The number of carbonyl (C=O) groups excluding carboxylic acids is 4. The van der Waals surface area contributed by atoms with E-state index in [9.17, 15) is 19.2 Å². The van der Waals surface area contributed by atoms with Gasteiger partial charge in [0.15, 0.2) is 5.15 Å². The lowest BCUT2D eigenvalue weighted by Crippen LogP contribution is -2.53. The van der Waals surface area contributed by atoms with E-state index in [0.717, 1.165) is 33.8 Å². The fourth-order valence-corrected chi connectivity index (χ4v) is 9.56. The van der Waals surface area contributed by atoms with Crippen LogP contribution < -0.4 is 10.6 Å². The van der Waals surface area contributed by atoms with Crippen molar-refractivity contribution in [3.8, 4) is 22.4 Å². The number of halogens is 2. The molecule has 2 aromatic heterocycles. The van der Waals surface area contributed by atoms with Crippen molar-refractivity contribution in [2.24, 2.45) is 23.7 Å². The molecule has 4 heterocycles. The molecule has 14 nitrogen and oxygen atoms in total. The molecule has 0 unspecified atom stereocenters. The Morgan fingerprint density at radius 3 is 2.03 bits per heavy atom. The van der Waals surface area contributed by atoms with E-state index in [1.165, 1.54) is 20.3 Å². The highest BCUT2D eigenvalue weighted by Crippen LogP contribution is 2.54. The molecule has 3 fully saturated rings. The Bertz CT molecular complexity index is 2540. The number of nitrogens with zero attached hydrogens (tertiary/aromatic N) is 4. The number of benzene rings is 3. The van der Waals surface area contributed by atoms with E-state index in [0.29, 0.717) is 41.7 Å². The molecule has 61 heavy (non-hydrogen) atoms. The van der Waals surface area contributed by atoms with E-state index in [-0.39, 0.29) is 58.4 Å². The molecule has 3 aliphatic rings. The molecule has 0 radical (unpaired) electrons. The Balaban J connectivity index is 1.04. The Morgan fingerprint density at radius 2 is 1.39 bits per heavy atom. The second kappa shape index (κ2) is 16.3. The summed E-state index contributed by atoms with van der Waals surface area (Å²) < 4.78 is 25.7. The minimum atomic E-state index is -0.780. The third-order valence-corrected chi connectivity index (χ3v) is 13.2. The summed E-state index contributed by atoms with van der Waals surface area (Å²) in [4.78, 5) is 72.1. The van der Waals surface area contributed by atoms with Crippen LogP contribution in [0.1, 0.15) is 84.5 Å². The first-order valence-electron chi connectivity index (χ1n) is 20.9. The van der Waals surface area contributed by atoms with Gasteiger partial charge in [-0.2, -0.15) is 0 Å². The van der Waals surface area contributed by atoms with Crippen molar-refractivity contribution in [1.29, 1.82) is 0 Å². The number of fused-ring (bicyclic) bond motifs is 4. The van der Waals surface area contributed by atoms with Gasteiger partial charge < -0.3 is 39.9 Å². The SMILES string of the molecule is COC(=O)N[C@H](C(=O)N1[C@H](C)[C@H](C)C[C@H]1c1nc2ccc3cc(-c4ccc(-c5[nH]c([C@@H]6C[C@H]7C[C@H]7N6C(=O)[C@@H](NC(=O)OC)C(C)C)nc5Cl)c(F)c4)ccc3c2[nH]1)C(C)C. The minimum Gasteiger partial charge on any atom is -0.453 e. The Morgan fingerprint density at radius 1 is 0.787 bits per heavy atom. The van der Waals surface area contributed by atoms with Crippen LogP contribution in [0.2, 0.25) is 5.15 Å². The van der Waals surface area contributed by atoms with Gasteiger partial charge in [0.2, 0.25) is 11.8 Å². The number of carbonyl (C=O) groups is 4. The predicted octanol–water partition coefficient (Wildman–Crippen LogP) is 8.29. The van der Waals surface area contributed by atoms with E-state index in [4.69, 9.17) is 26.1 Å². The van der Waals surface area contributed by atoms with Crippen molar-refractivity contribution < 1.29 is 33.0 Å². The van der Waals surface area contributed by atoms with Crippen molar-refractivity contribution in [3.63, 3.8) is 0 Å². The standard InChI is InChI=1S/C45H52ClFN8O6/c1-20(2)35(51-44(58)60-7)42(56)54-23(6)22(5)15-33(54)40-48-31-14-11-26-16-24(9-12-28(26)37(31)49-40)25-10-13-29(30(47)17-25)38-39(46)53-41(50-38)34-19-27-18-32(27)55(34)43(57)36(21(3)4)52-45(59)61-8/h9-14,16-17,20-23,27,32-36H,15,18-19H2,1-8H3,(H,48,49)(H,50,53)(H,51,58)(H,52,59)/t22-,23-,27-,32-,33+,34+,35+,36+/m1/s1. The van der Waals surface area contributed by atoms with Crippen LogP contribution in [0.15, 0.2) is 48.5 Å². The van der Waals surface area contributed by atoms with E-state index >= 15 is 4.39 Å². The number of hydrogen-bond acceptors (Lipinski definition) is 8. The summed E-state index contributed by atoms with van der Waals surface area (Å²) >= 11 is 6.67. The maximum absolute atomic E-state index is 16.1. The first kappa shape index (κ1) is 42.0. The van der Waals surface area contributed by atoms with Gasteiger partial charge >= 0.3 is 12.2 Å². The summed E-state index contributed by atoms with van der Waals surface area (Å²) in [6.07, 6.45) is 0.942. The fraction of sp³-hybridized carbons (Fsp3) is 0.467. The lowest BCUT2D eigenvalue weighted by Gasteiger charge is -2.33. The van der Waals surface area contributed by atoms with E-state index < -0.39 is 36.1 Å². The van der Waals surface area contributed by atoms with E-state index in [1.807, 2.05) is 75.9 Å². The van der Waals surface area contributed by atoms with Gasteiger partial charge in [-0.3, -0.25) is 9.59 Å². The topological polar surface area (TPSA) is 175 Å². The van der Waals surface area contributed by atoms with Gasteiger partial charge in [-0.25, -0.2) is 23.9 Å². The summed E-state index contributed by atoms with van der Waals surface area (Å²) in [5.41, 5.74) is 3.63. The number of methoxy groups -OCH3 is 2. The number of imidazole rings is 2. The number of likely N-dealkylation sites (tertiary alicyclic amines) is 2. The molecule has 322 valence electrons. The van der Waals surface area contributed by atoms with Crippen LogP contribution in [0.5, 0.6) is 0 Å². The minimum absolute atomic E-state index is 0.0386. The third-order valence-electron chi connectivity index (χ3n) is 13.0. The molecule has 4 amide bonds. The zero-order valence-electron chi connectivity index (χ0n) is 35.5. The number of hydrogen-bond donors (Lipinski definition) is 4. The summed E-state index contributed by atoms with van der Waals surface area (Å²) in [5, 5.41) is 7.36. The summed E-state index contributed by atoms with van der Waals surface area (Å²) in [7, 11) is 2.54. The molecule has 2 aliphatic heterocycles. The monoisotopic (exact) mass is 854 g/mol. The Labute approximate surface area is 358 Å². The highest BCUT2D eigenvalue weighted by atomic mass is 35.5. The molecule has 1 aliphatic carbocycles. The number of amides is 4. The molecule has 3 aromatic carbocycles. The number of ether oxygens (including phenoxy) is 2. The molecule has 2 saturated heterocycles. The van der Waals surface area contributed by atoms with Gasteiger partial charge in [0, 0.05) is 23.0 Å². The van der Waals surface area contributed by atoms with Crippen molar-refractivity contribution >= 4 is 57.4 Å². The van der Waals surface area contributed by atoms with Gasteiger partial charge in [0.1, 0.15) is 29.5 Å². The molecule has 0 spiro atoms. The lowest BCUT2D eigenvalue weighted by molar-refractivity contribution is -0.138. The molecular formula is C45H52ClFN8O6. The van der Waals surface area contributed by atoms with Crippen LogP contribution >= 0.6 is 11.6 Å². The van der Waals surface area contributed by atoms with Crippen LogP contribution in [-0.2, 0) is 19.1 Å². The highest BCUT2D eigenvalue weighted by molar-refractivity contribution is 6.32. The van der Waals surface area contributed by atoms with Gasteiger partial charge in [-0.15, -0.1) is 0 Å². The number of nitrogens with one attached hydrogen (secondary N) is 4. The molecule has 4 N–H and O–H groups in total. The molecule has 8 atom stereocenters. The van der Waals surface area contributed by atoms with Crippen molar-refractivity contribution in [2.75, 3.05) is 14.2 Å². The first-order chi connectivity index (χ1) is 29.1. The second-order valence-corrected chi connectivity index (χ2v) is 17.8. The summed E-state index contributed by atoms with van der Waals surface area (Å²) in [6, 6.07) is 12.5. The summed E-state index contributed by atoms with van der Waals surface area (Å²) in [6.45, 7) is 11.7. The average molecular weight is 855 g/mol. The average Bonchev–Trinajstić information content (AvgIpc) is 3.53. The number of piperidine rings is 1. The quantitative estimate of drug-likeness (QED) is 0.109. The van der Waals surface area contributed by atoms with E-state index in [1.54, 1.807) is 11.0 Å². The van der Waals surface area contributed by atoms with Crippen LogP contribution in [-0.4, -0.2) is 92.1 Å². The first-order valence-corrected chi connectivity index (χ1v) is 21.3. The van der Waals surface area contributed by atoms with Gasteiger partial charge in [0.25, 0.3) is 0 Å². The van der Waals surface area contributed by atoms with Crippen LogP contribution in [0.3, 0.4) is 0 Å². The largest absolute Gasteiger partial charge is 0.453 e. The maximum atomic E-state index is 16.1. The molecule has 16 heteroatoms. The van der Waals surface area contributed by atoms with Crippen LogP contribution in [0.25, 0.3) is 44.2 Å². The Kier molecular flexibility index (Phi) is 11.2. The molecular weight excluding hydrogens is 803 g/mol. The van der Waals surface area contributed by atoms with Crippen LogP contribution in [0, 0.1) is 29.5 Å². The van der Waals surface area contributed by atoms with Crippen molar-refractivity contribution in [1.82, 2.24) is 40.4 Å². The molecule has 1 saturated carbocycles. The number of aromatic nitrogens is 4. The number of aromatic amines is 2. The number of alkyl carbamates (subject to hydrolysis) is 2. The van der Waals surface area contributed by atoms with Crippen molar-refractivity contribution in [2.45, 2.75) is 97.1 Å². The second-order valence-electron chi connectivity index (χ2n) is 17.5. The third kappa shape index (κ3) is 7.65. The highest BCUT2D eigenvalue weighted by Gasteiger charge is 2.56. The number of rotatable bonds is 10. The molecule has 5 aromatic rings. The molecule has 0 bridgehead atoms. The van der Waals surface area contributed by atoms with E-state index in [2.05, 4.69) is 32.5 Å². The Hall–Kier alpha value is -5.70. The maximum Gasteiger partial charge on any atom is 0.407 e. The lowest BCUT2D eigenvalue weighted by atomic mass is 9.99. The molecule has 8 rings (SSSR count). The number of H-pyrrole nitrogens is 2. The smallest absolute Gasteiger partial charge is 0.407 e. The van der Waals surface area contributed by atoms with Gasteiger partial charge in [-0.05, 0) is 90.6 Å². The zero-order valence-corrected chi connectivity index (χ0v) is 36.3. The van der Waals surface area contributed by atoms with Crippen molar-refractivity contribution in [3.05, 3.63) is 71.2 Å². The normalized spacial score (nSPS) is 23.1.